The van der Waals surface area contributed by atoms with Crippen molar-refractivity contribution in [2.75, 3.05) is 26.0 Å². The standard InChI is InChI=1S/C19H23N3O2S/c1-23-18-16(5-3-7-21-18)10-22-13-19(14-22)8-17(12-25-19)24-11-15-4-2-6-20-9-15/h2-7,9,17H,8,10-14H2,1H3/t17-/m0/s1. The first kappa shape index (κ1) is 16.8. The molecule has 132 valence electrons. The molecule has 0 aliphatic carbocycles. The number of hydrogen-bond acceptors (Lipinski definition) is 6. The van der Waals surface area contributed by atoms with Crippen LogP contribution in [0.4, 0.5) is 0 Å². The van der Waals surface area contributed by atoms with Crippen LogP contribution in [0.5, 0.6) is 5.88 Å². The van der Waals surface area contributed by atoms with Crippen LogP contribution in [0.2, 0.25) is 0 Å². The van der Waals surface area contributed by atoms with Gasteiger partial charge >= 0.3 is 0 Å². The Labute approximate surface area is 152 Å². The van der Waals surface area contributed by atoms with E-state index in [0.29, 0.717) is 17.5 Å². The molecule has 0 bridgehead atoms. The molecule has 0 amide bonds. The molecule has 0 N–H and O–H groups in total. The number of ether oxygens (including phenoxy) is 2. The van der Waals surface area contributed by atoms with E-state index in [0.717, 1.165) is 48.8 Å². The van der Waals surface area contributed by atoms with Gasteiger partial charge in [0.2, 0.25) is 5.88 Å². The van der Waals surface area contributed by atoms with Crippen molar-refractivity contribution in [3.8, 4) is 5.88 Å². The number of pyridine rings is 2. The highest BCUT2D eigenvalue weighted by Gasteiger charge is 2.49. The van der Waals surface area contributed by atoms with Gasteiger partial charge in [-0.05, 0) is 24.1 Å². The van der Waals surface area contributed by atoms with Crippen LogP contribution in [-0.2, 0) is 17.9 Å². The van der Waals surface area contributed by atoms with Crippen molar-refractivity contribution >= 4 is 11.8 Å². The molecular weight excluding hydrogens is 334 g/mol. The summed E-state index contributed by atoms with van der Waals surface area (Å²) in [6, 6.07) is 8.09. The van der Waals surface area contributed by atoms with Gasteiger partial charge in [0.1, 0.15) is 0 Å². The van der Waals surface area contributed by atoms with Crippen LogP contribution in [0.25, 0.3) is 0 Å². The summed E-state index contributed by atoms with van der Waals surface area (Å²) in [4.78, 5) is 10.9. The molecular formula is C19H23N3O2S. The van der Waals surface area contributed by atoms with Gasteiger partial charge in [0.05, 0.1) is 19.8 Å². The van der Waals surface area contributed by atoms with E-state index in [9.17, 15) is 0 Å². The maximum absolute atomic E-state index is 6.10. The Hall–Kier alpha value is -1.63. The lowest BCUT2D eigenvalue weighted by Gasteiger charge is -2.47. The minimum atomic E-state index is 0.347. The van der Waals surface area contributed by atoms with Crippen LogP contribution in [0.15, 0.2) is 42.9 Å². The lowest BCUT2D eigenvalue weighted by Crippen LogP contribution is -2.58. The summed E-state index contributed by atoms with van der Waals surface area (Å²) in [7, 11) is 1.68. The fourth-order valence-corrected chi connectivity index (χ4v) is 5.28. The van der Waals surface area contributed by atoms with Crippen molar-refractivity contribution in [1.29, 1.82) is 0 Å². The van der Waals surface area contributed by atoms with E-state index in [2.05, 4.69) is 38.8 Å². The molecule has 2 aliphatic heterocycles. The highest BCUT2D eigenvalue weighted by atomic mass is 32.2. The highest BCUT2D eigenvalue weighted by molar-refractivity contribution is 8.01. The molecule has 1 spiro atoms. The first-order valence-corrected chi connectivity index (χ1v) is 9.60. The van der Waals surface area contributed by atoms with E-state index >= 15 is 0 Å². The Morgan fingerprint density at radius 2 is 2.16 bits per heavy atom. The number of likely N-dealkylation sites (tertiary alicyclic amines) is 1. The molecule has 0 aromatic carbocycles. The number of hydrogen-bond donors (Lipinski definition) is 0. The molecule has 4 heterocycles. The van der Waals surface area contributed by atoms with E-state index in [4.69, 9.17) is 9.47 Å². The van der Waals surface area contributed by atoms with Crippen molar-refractivity contribution in [2.45, 2.75) is 30.4 Å². The largest absolute Gasteiger partial charge is 0.481 e. The summed E-state index contributed by atoms with van der Waals surface area (Å²) in [5.41, 5.74) is 2.31. The Morgan fingerprint density at radius 1 is 1.28 bits per heavy atom. The summed E-state index contributed by atoms with van der Waals surface area (Å²) in [5, 5.41) is 0. The third-order valence-corrected chi connectivity index (χ3v) is 6.42. The smallest absolute Gasteiger partial charge is 0.217 e. The Balaban J connectivity index is 1.26. The molecule has 2 aromatic heterocycles. The topological polar surface area (TPSA) is 47.5 Å². The van der Waals surface area contributed by atoms with Crippen molar-refractivity contribution in [3.05, 3.63) is 54.0 Å². The summed E-state index contributed by atoms with van der Waals surface area (Å²) in [5.74, 6) is 1.82. The van der Waals surface area contributed by atoms with Crippen molar-refractivity contribution in [2.24, 2.45) is 0 Å². The molecule has 6 heteroatoms. The van der Waals surface area contributed by atoms with E-state index < -0.39 is 0 Å². The van der Waals surface area contributed by atoms with Gasteiger partial charge in [0, 0.05) is 54.3 Å². The van der Waals surface area contributed by atoms with Gasteiger partial charge in [0.15, 0.2) is 0 Å². The molecule has 2 fully saturated rings. The van der Waals surface area contributed by atoms with Crippen molar-refractivity contribution < 1.29 is 9.47 Å². The first-order chi connectivity index (χ1) is 12.3. The number of nitrogens with zero attached hydrogens (tertiary/aromatic N) is 3. The summed E-state index contributed by atoms with van der Waals surface area (Å²) < 4.78 is 11.8. The van der Waals surface area contributed by atoms with E-state index in [1.54, 1.807) is 19.5 Å². The lowest BCUT2D eigenvalue weighted by molar-refractivity contribution is 0.0261. The monoisotopic (exact) mass is 357 g/mol. The zero-order valence-electron chi connectivity index (χ0n) is 14.4. The molecule has 4 rings (SSSR count). The maximum atomic E-state index is 6.10. The minimum Gasteiger partial charge on any atom is -0.481 e. The molecule has 2 aliphatic rings. The van der Waals surface area contributed by atoms with Crippen LogP contribution in [0, 0.1) is 0 Å². The molecule has 2 aromatic rings. The Morgan fingerprint density at radius 3 is 2.96 bits per heavy atom. The van der Waals surface area contributed by atoms with Crippen LogP contribution in [0.3, 0.4) is 0 Å². The van der Waals surface area contributed by atoms with Gasteiger partial charge in [-0.3, -0.25) is 9.88 Å². The third kappa shape index (κ3) is 3.81. The predicted octanol–water partition coefficient (Wildman–Crippen LogP) is 2.76. The van der Waals surface area contributed by atoms with Crippen molar-refractivity contribution in [3.63, 3.8) is 0 Å². The second-order valence-corrected chi connectivity index (χ2v) is 8.30. The van der Waals surface area contributed by atoms with Crippen LogP contribution in [-0.4, -0.2) is 51.7 Å². The molecule has 0 radical (unpaired) electrons. The fourth-order valence-electron chi connectivity index (χ4n) is 3.68. The summed E-state index contributed by atoms with van der Waals surface area (Å²) in [6.45, 7) is 3.79. The summed E-state index contributed by atoms with van der Waals surface area (Å²) >= 11 is 2.07. The molecule has 0 saturated carbocycles. The zero-order chi connectivity index (χ0) is 17.1. The normalized spacial score (nSPS) is 22.0. The van der Waals surface area contributed by atoms with Gasteiger partial charge in [-0.15, -0.1) is 11.8 Å². The van der Waals surface area contributed by atoms with Gasteiger partial charge in [-0.2, -0.15) is 0 Å². The number of thioether (sulfide) groups is 1. The minimum absolute atomic E-state index is 0.347. The van der Waals surface area contributed by atoms with Gasteiger partial charge in [-0.25, -0.2) is 4.98 Å². The van der Waals surface area contributed by atoms with E-state index in [-0.39, 0.29) is 0 Å². The maximum Gasteiger partial charge on any atom is 0.217 e. The lowest BCUT2D eigenvalue weighted by atomic mass is 9.92. The Kier molecular flexibility index (Phi) is 4.92. The average Bonchev–Trinajstić information content (AvgIpc) is 3.05. The number of rotatable bonds is 6. The van der Waals surface area contributed by atoms with Crippen LogP contribution in [0.1, 0.15) is 17.5 Å². The molecule has 0 unspecified atom stereocenters. The van der Waals surface area contributed by atoms with Gasteiger partial charge < -0.3 is 9.47 Å². The number of methoxy groups -OCH3 is 1. The van der Waals surface area contributed by atoms with Crippen LogP contribution < -0.4 is 4.74 Å². The van der Waals surface area contributed by atoms with E-state index in [1.165, 1.54) is 0 Å². The molecule has 5 nitrogen and oxygen atoms in total. The SMILES string of the molecule is COc1ncccc1CN1CC2(C[C@H](OCc3cccnc3)CS2)C1. The van der Waals surface area contributed by atoms with Crippen LogP contribution >= 0.6 is 11.8 Å². The Bertz CT molecular complexity index is 707. The highest BCUT2D eigenvalue weighted by Crippen LogP contribution is 2.46. The molecule has 2 saturated heterocycles. The predicted molar refractivity (Wildman–Crippen MR) is 98.7 cm³/mol. The zero-order valence-corrected chi connectivity index (χ0v) is 15.2. The van der Waals surface area contributed by atoms with Gasteiger partial charge in [0.25, 0.3) is 0 Å². The summed E-state index contributed by atoms with van der Waals surface area (Å²) in [6.07, 6.45) is 6.93. The second-order valence-electron chi connectivity index (χ2n) is 6.81. The second kappa shape index (κ2) is 7.32. The third-order valence-electron chi connectivity index (χ3n) is 4.84. The molecule has 1 atom stereocenters. The van der Waals surface area contributed by atoms with E-state index in [1.807, 2.05) is 18.3 Å². The van der Waals surface area contributed by atoms with Crippen molar-refractivity contribution in [1.82, 2.24) is 14.9 Å². The fraction of sp³-hybridized carbons (Fsp3) is 0.474. The first-order valence-electron chi connectivity index (χ1n) is 8.61. The van der Waals surface area contributed by atoms with Gasteiger partial charge in [-0.1, -0.05) is 12.1 Å². The number of aromatic nitrogens is 2. The molecule has 25 heavy (non-hydrogen) atoms. The quantitative estimate of drug-likeness (QED) is 0.792. The average molecular weight is 357 g/mol.